The van der Waals surface area contributed by atoms with Crippen molar-refractivity contribution in [1.82, 2.24) is 5.43 Å². The number of hydrogen-bond donors (Lipinski definition) is 2. The van der Waals surface area contributed by atoms with Gasteiger partial charge < -0.3 is 4.74 Å². The minimum Gasteiger partial charge on any atom is -0.487 e. The molecule has 0 aromatic heterocycles. The first-order valence-electron chi connectivity index (χ1n) is 6.07. The predicted octanol–water partition coefficient (Wildman–Crippen LogP) is 2.50. The third-order valence-corrected chi connectivity index (χ3v) is 3.58. The van der Waals surface area contributed by atoms with Crippen LogP contribution in [0.2, 0.25) is 0 Å². The number of para-hydroxylation sites is 1. The number of benzene rings is 2. The highest BCUT2D eigenvalue weighted by atomic mass is 79.9. The number of ether oxygens (including phenoxy) is 1. The van der Waals surface area contributed by atoms with Crippen molar-refractivity contribution in [1.29, 1.82) is 5.26 Å². The zero-order chi connectivity index (χ0) is 15.2. The molecule has 3 N–H and O–H groups in total. The van der Waals surface area contributed by atoms with Crippen molar-refractivity contribution in [3.05, 3.63) is 63.6 Å². The van der Waals surface area contributed by atoms with E-state index in [1.165, 1.54) is 0 Å². The normalized spacial score (nSPS) is 9.76. The van der Waals surface area contributed by atoms with E-state index in [2.05, 4.69) is 27.4 Å². The molecule has 0 unspecified atom stereocenters. The Morgan fingerprint density at radius 2 is 2.10 bits per heavy atom. The summed E-state index contributed by atoms with van der Waals surface area (Å²) in [6.45, 7) is 0.282. The van der Waals surface area contributed by atoms with Gasteiger partial charge in [-0.05, 0) is 24.3 Å². The fraction of sp³-hybridized carbons (Fsp3) is 0.0667. The maximum Gasteiger partial charge on any atom is 0.265 e. The van der Waals surface area contributed by atoms with Crippen LogP contribution in [-0.2, 0) is 6.61 Å². The Kier molecular flexibility index (Phi) is 4.93. The molecule has 0 bridgehead atoms. The topological polar surface area (TPSA) is 88.1 Å². The molecule has 0 aliphatic rings. The zero-order valence-corrected chi connectivity index (χ0v) is 12.6. The van der Waals surface area contributed by atoms with Gasteiger partial charge >= 0.3 is 0 Å². The molecule has 1 amide bonds. The highest BCUT2D eigenvalue weighted by molar-refractivity contribution is 9.10. The third-order valence-electron chi connectivity index (χ3n) is 2.84. The van der Waals surface area contributed by atoms with Crippen LogP contribution in [0.5, 0.6) is 5.75 Å². The van der Waals surface area contributed by atoms with Gasteiger partial charge in [0.1, 0.15) is 18.4 Å². The lowest BCUT2D eigenvalue weighted by atomic mass is 10.1. The van der Waals surface area contributed by atoms with E-state index < -0.39 is 0 Å². The van der Waals surface area contributed by atoms with Crippen LogP contribution in [0.15, 0.2) is 46.9 Å². The highest BCUT2D eigenvalue weighted by Gasteiger charge is 2.08. The van der Waals surface area contributed by atoms with Gasteiger partial charge in [0.2, 0.25) is 0 Å². The zero-order valence-electron chi connectivity index (χ0n) is 11.0. The molecule has 0 saturated heterocycles. The largest absolute Gasteiger partial charge is 0.487 e. The second-order valence-corrected chi connectivity index (χ2v) is 5.03. The smallest absolute Gasteiger partial charge is 0.265 e. The van der Waals surface area contributed by atoms with Crippen LogP contribution in [0.4, 0.5) is 0 Å². The van der Waals surface area contributed by atoms with Gasteiger partial charge in [-0.1, -0.05) is 34.1 Å². The van der Waals surface area contributed by atoms with Gasteiger partial charge in [0.25, 0.3) is 5.91 Å². The first-order chi connectivity index (χ1) is 10.2. The minimum absolute atomic E-state index is 0.282. The van der Waals surface area contributed by atoms with E-state index in [0.717, 1.165) is 10.0 Å². The Bertz CT molecular complexity index is 710. The van der Waals surface area contributed by atoms with Crippen LogP contribution in [0.1, 0.15) is 21.5 Å². The summed E-state index contributed by atoms with van der Waals surface area (Å²) in [5.74, 6) is 5.25. The number of nitrogen functional groups attached to an aromatic ring is 1. The average Bonchev–Trinajstić information content (AvgIpc) is 2.53. The first-order valence-corrected chi connectivity index (χ1v) is 6.86. The SMILES string of the molecule is N#Cc1ccccc1OCc1ccc(C(=O)NN)cc1Br. The minimum atomic E-state index is -0.363. The van der Waals surface area contributed by atoms with Gasteiger partial charge in [-0.3, -0.25) is 10.2 Å². The van der Waals surface area contributed by atoms with Gasteiger partial charge in [0.05, 0.1) is 5.56 Å². The third kappa shape index (κ3) is 3.60. The number of hydrogen-bond acceptors (Lipinski definition) is 4. The maximum absolute atomic E-state index is 11.4. The number of amides is 1. The van der Waals surface area contributed by atoms with Crippen molar-refractivity contribution in [2.24, 2.45) is 5.84 Å². The van der Waals surface area contributed by atoms with Crippen molar-refractivity contribution < 1.29 is 9.53 Å². The molecule has 6 heteroatoms. The molecule has 0 heterocycles. The van der Waals surface area contributed by atoms with Crippen molar-refractivity contribution in [3.63, 3.8) is 0 Å². The Balaban J connectivity index is 2.14. The second-order valence-electron chi connectivity index (χ2n) is 4.18. The molecule has 0 radical (unpaired) electrons. The van der Waals surface area contributed by atoms with Crippen molar-refractivity contribution >= 4 is 21.8 Å². The molecule has 0 fully saturated rings. The van der Waals surface area contributed by atoms with Crippen LogP contribution in [0.3, 0.4) is 0 Å². The Labute approximate surface area is 130 Å². The van der Waals surface area contributed by atoms with Crippen LogP contribution in [0.25, 0.3) is 0 Å². The Hall–Kier alpha value is -2.36. The lowest BCUT2D eigenvalue weighted by Gasteiger charge is -2.10. The van der Waals surface area contributed by atoms with E-state index in [9.17, 15) is 4.79 Å². The summed E-state index contributed by atoms with van der Waals surface area (Å²) in [5, 5.41) is 9.00. The maximum atomic E-state index is 11.4. The summed E-state index contributed by atoms with van der Waals surface area (Å²) in [6.07, 6.45) is 0. The van der Waals surface area contributed by atoms with E-state index in [1.807, 2.05) is 0 Å². The van der Waals surface area contributed by atoms with E-state index in [4.69, 9.17) is 15.8 Å². The van der Waals surface area contributed by atoms with Crippen molar-refractivity contribution in [3.8, 4) is 11.8 Å². The average molecular weight is 346 g/mol. The van der Waals surface area contributed by atoms with E-state index in [-0.39, 0.29) is 12.5 Å². The summed E-state index contributed by atoms with van der Waals surface area (Å²) in [4.78, 5) is 11.4. The fourth-order valence-corrected chi connectivity index (χ4v) is 2.22. The lowest BCUT2D eigenvalue weighted by Crippen LogP contribution is -2.29. The molecule has 0 saturated carbocycles. The first kappa shape index (κ1) is 15.0. The van der Waals surface area contributed by atoms with Gasteiger partial charge in [-0.2, -0.15) is 5.26 Å². The molecule has 5 nitrogen and oxygen atoms in total. The summed E-state index contributed by atoms with van der Waals surface area (Å²) >= 11 is 3.39. The van der Waals surface area contributed by atoms with Crippen molar-refractivity contribution in [2.45, 2.75) is 6.61 Å². The number of carbonyl (C=O) groups excluding carboxylic acids is 1. The lowest BCUT2D eigenvalue weighted by molar-refractivity contribution is 0.0953. The predicted molar refractivity (Wildman–Crippen MR) is 81.3 cm³/mol. The summed E-state index contributed by atoms with van der Waals surface area (Å²) in [6, 6.07) is 14.2. The Morgan fingerprint density at radius 3 is 2.76 bits per heavy atom. The second kappa shape index (κ2) is 6.88. The van der Waals surface area contributed by atoms with Gasteiger partial charge in [-0.15, -0.1) is 0 Å². The molecule has 0 aliphatic carbocycles. The highest BCUT2D eigenvalue weighted by Crippen LogP contribution is 2.22. The molecular formula is C15H12BrN3O2. The number of nitrogens with one attached hydrogen (secondary N) is 1. The van der Waals surface area contributed by atoms with Gasteiger partial charge in [0, 0.05) is 15.6 Å². The number of nitriles is 1. The molecule has 0 spiro atoms. The quantitative estimate of drug-likeness (QED) is 0.506. The molecule has 2 rings (SSSR count). The molecule has 2 aromatic rings. The molecular weight excluding hydrogens is 334 g/mol. The molecule has 0 atom stereocenters. The van der Waals surface area contributed by atoms with Crippen molar-refractivity contribution in [2.75, 3.05) is 0 Å². The summed E-state index contributed by atoms with van der Waals surface area (Å²) in [5.41, 5.74) is 3.86. The number of nitrogens with zero attached hydrogens (tertiary/aromatic N) is 1. The molecule has 106 valence electrons. The standard InChI is InChI=1S/C15H12BrN3O2/c16-13-7-10(15(20)19-18)5-6-12(13)9-21-14-4-2-1-3-11(14)8-17/h1-7H,9,18H2,(H,19,20). The van der Waals surface area contributed by atoms with Crippen LogP contribution < -0.4 is 16.0 Å². The van der Waals surface area contributed by atoms with Crippen LogP contribution in [-0.4, -0.2) is 5.91 Å². The number of hydrazine groups is 1. The van der Waals surface area contributed by atoms with E-state index in [0.29, 0.717) is 16.9 Å². The van der Waals surface area contributed by atoms with E-state index in [1.54, 1.807) is 42.5 Å². The number of nitrogens with two attached hydrogens (primary N) is 1. The Morgan fingerprint density at radius 1 is 1.33 bits per heavy atom. The van der Waals surface area contributed by atoms with Gasteiger partial charge in [-0.25, -0.2) is 5.84 Å². The summed E-state index contributed by atoms with van der Waals surface area (Å²) < 4.78 is 6.38. The van der Waals surface area contributed by atoms with Crippen LogP contribution in [0, 0.1) is 11.3 Å². The molecule has 21 heavy (non-hydrogen) atoms. The summed E-state index contributed by atoms with van der Waals surface area (Å²) in [7, 11) is 0. The number of rotatable bonds is 4. The number of carbonyl (C=O) groups is 1. The van der Waals surface area contributed by atoms with Gasteiger partial charge in [0.15, 0.2) is 0 Å². The van der Waals surface area contributed by atoms with E-state index >= 15 is 0 Å². The fourth-order valence-electron chi connectivity index (χ4n) is 1.73. The number of halogens is 1. The molecule has 2 aromatic carbocycles. The monoisotopic (exact) mass is 345 g/mol. The molecule has 0 aliphatic heterocycles. The van der Waals surface area contributed by atoms with Crippen LogP contribution >= 0.6 is 15.9 Å².